The van der Waals surface area contributed by atoms with Crippen LogP contribution in [0.3, 0.4) is 0 Å². The maximum Gasteiger partial charge on any atom is 0.125 e. The molecule has 3 aromatic rings. The number of benzene rings is 2. The Bertz CT molecular complexity index is 731. The zero-order valence-corrected chi connectivity index (χ0v) is 9.89. The third-order valence-corrected chi connectivity index (χ3v) is 2.91. The Hall–Kier alpha value is -2.36. The fraction of sp³-hybridized carbons (Fsp3) is 0.0714. The summed E-state index contributed by atoms with van der Waals surface area (Å²) in [7, 11) is 0. The number of aromatic nitrogens is 2. The van der Waals surface area contributed by atoms with Gasteiger partial charge in [0.2, 0.25) is 0 Å². The van der Waals surface area contributed by atoms with Gasteiger partial charge in [-0.3, -0.25) is 4.57 Å². The van der Waals surface area contributed by atoms with E-state index in [9.17, 15) is 4.39 Å². The average molecular weight is 241 g/mol. The first-order chi connectivity index (χ1) is 8.65. The van der Waals surface area contributed by atoms with Crippen molar-refractivity contribution in [2.45, 2.75) is 6.92 Å². The summed E-state index contributed by atoms with van der Waals surface area (Å²) in [5.41, 5.74) is 8.91. The molecule has 0 saturated heterocycles. The van der Waals surface area contributed by atoms with Gasteiger partial charge in [-0.2, -0.15) is 0 Å². The minimum atomic E-state index is -0.260. The highest BCUT2D eigenvalue weighted by atomic mass is 19.1. The summed E-state index contributed by atoms with van der Waals surface area (Å²) in [5.74, 6) is 0.547. The fourth-order valence-corrected chi connectivity index (χ4v) is 2.16. The lowest BCUT2D eigenvalue weighted by Crippen LogP contribution is -1.97. The van der Waals surface area contributed by atoms with E-state index < -0.39 is 0 Å². The van der Waals surface area contributed by atoms with Crippen molar-refractivity contribution in [2.75, 3.05) is 5.73 Å². The molecule has 4 heteroatoms. The summed E-state index contributed by atoms with van der Waals surface area (Å²) in [6.07, 6.45) is 0. The largest absolute Gasteiger partial charge is 0.399 e. The van der Waals surface area contributed by atoms with Crippen molar-refractivity contribution < 1.29 is 4.39 Å². The number of nitrogens with two attached hydrogens (primary N) is 1. The molecule has 3 nitrogen and oxygen atoms in total. The summed E-state index contributed by atoms with van der Waals surface area (Å²) in [4.78, 5) is 4.44. The third kappa shape index (κ3) is 1.62. The van der Waals surface area contributed by atoms with Gasteiger partial charge in [0, 0.05) is 5.69 Å². The molecule has 0 spiro atoms. The Morgan fingerprint density at radius 3 is 2.78 bits per heavy atom. The van der Waals surface area contributed by atoms with E-state index in [1.54, 1.807) is 6.07 Å². The standard InChI is InChI=1S/C14H12FN3/c1-9-17-13-8-11(16)5-6-14(13)18(9)12-4-2-3-10(15)7-12/h2-8H,16H2,1H3. The molecule has 0 radical (unpaired) electrons. The number of halogens is 1. The minimum absolute atomic E-state index is 0.260. The van der Waals surface area contributed by atoms with E-state index in [-0.39, 0.29) is 5.82 Å². The van der Waals surface area contributed by atoms with E-state index in [2.05, 4.69) is 4.98 Å². The SMILES string of the molecule is Cc1nc2cc(N)ccc2n1-c1cccc(F)c1. The maximum atomic E-state index is 13.3. The first kappa shape index (κ1) is 10.8. The van der Waals surface area contributed by atoms with Gasteiger partial charge < -0.3 is 5.73 Å². The van der Waals surface area contributed by atoms with Crippen LogP contribution in [0.15, 0.2) is 42.5 Å². The lowest BCUT2D eigenvalue weighted by Gasteiger charge is -2.06. The van der Waals surface area contributed by atoms with E-state index in [1.807, 2.05) is 35.8 Å². The molecule has 3 rings (SSSR count). The number of anilines is 1. The van der Waals surface area contributed by atoms with E-state index in [0.717, 1.165) is 22.5 Å². The van der Waals surface area contributed by atoms with Crippen LogP contribution in [0.5, 0.6) is 0 Å². The van der Waals surface area contributed by atoms with E-state index in [1.165, 1.54) is 12.1 Å². The lowest BCUT2D eigenvalue weighted by atomic mass is 10.2. The first-order valence-electron chi connectivity index (χ1n) is 5.66. The van der Waals surface area contributed by atoms with E-state index >= 15 is 0 Å². The number of nitrogens with zero attached hydrogens (tertiary/aromatic N) is 2. The number of aryl methyl sites for hydroxylation is 1. The quantitative estimate of drug-likeness (QED) is 0.665. The smallest absolute Gasteiger partial charge is 0.125 e. The Morgan fingerprint density at radius 2 is 2.00 bits per heavy atom. The molecule has 90 valence electrons. The molecule has 0 aliphatic rings. The average Bonchev–Trinajstić information content (AvgIpc) is 2.64. The predicted molar refractivity (Wildman–Crippen MR) is 70.2 cm³/mol. The molecule has 0 aliphatic heterocycles. The normalized spacial score (nSPS) is 11.0. The van der Waals surface area contributed by atoms with Crippen LogP contribution in [-0.2, 0) is 0 Å². The molecule has 0 atom stereocenters. The minimum Gasteiger partial charge on any atom is -0.399 e. The molecule has 0 bridgehead atoms. The van der Waals surface area contributed by atoms with Gasteiger partial charge in [-0.1, -0.05) is 6.07 Å². The lowest BCUT2D eigenvalue weighted by molar-refractivity contribution is 0.626. The van der Waals surface area contributed by atoms with Gasteiger partial charge in [-0.05, 0) is 43.3 Å². The second-order valence-electron chi connectivity index (χ2n) is 4.22. The molecule has 0 unspecified atom stereocenters. The molecule has 0 aliphatic carbocycles. The summed E-state index contributed by atoms with van der Waals surface area (Å²) in [6, 6.07) is 12.0. The van der Waals surface area contributed by atoms with E-state index in [0.29, 0.717) is 5.69 Å². The number of rotatable bonds is 1. The van der Waals surface area contributed by atoms with Gasteiger partial charge in [0.1, 0.15) is 11.6 Å². The Kier molecular flexibility index (Phi) is 2.30. The van der Waals surface area contributed by atoms with Crippen molar-refractivity contribution in [3.05, 3.63) is 54.1 Å². The van der Waals surface area contributed by atoms with Crippen LogP contribution >= 0.6 is 0 Å². The number of fused-ring (bicyclic) bond motifs is 1. The van der Waals surface area contributed by atoms with Crippen molar-refractivity contribution in [2.24, 2.45) is 0 Å². The van der Waals surface area contributed by atoms with Crippen LogP contribution in [-0.4, -0.2) is 9.55 Å². The van der Waals surface area contributed by atoms with Crippen molar-refractivity contribution in [3.8, 4) is 5.69 Å². The third-order valence-electron chi connectivity index (χ3n) is 2.91. The highest BCUT2D eigenvalue weighted by Crippen LogP contribution is 2.23. The number of hydrogen-bond donors (Lipinski definition) is 1. The van der Waals surface area contributed by atoms with Crippen molar-refractivity contribution >= 4 is 16.7 Å². The van der Waals surface area contributed by atoms with Crippen LogP contribution < -0.4 is 5.73 Å². The summed E-state index contributed by atoms with van der Waals surface area (Å²) >= 11 is 0. The Labute approximate surface area is 104 Å². The van der Waals surface area contributed by atoms with Crippen LogP contribution in [0.25, 0.3) is 16.7 Å². The van der Waals surface area contributed by atoms with Gasteiger partial charge in [0.15, 0.2) is 0 Å². The molecular formula is C14H12FN3. The molecule has 0 saturated carbocycles. The summed E-state index contributed by atoms with van der Waals surface area (Å²) < 4.78 is 15.2. The van der Waals surface area contributed by atoms with Crippen molar-refractivity contribution in [3.63, 3.8) is 0 Å². The molecule has 1 heterocycles. The first-order valence-corrected chi connectivity index (χ1v) is 5.66. The van der Waals surface area contributed by atoms with Crippen LogP contribution in [0.2, 0.25) is 0 Å². The molecule has 0 fully saturated rings. The molecule has 2 aromatic carbocycles. The van der Waals surface area contributed by atoms with E-state index in [4.69, 9.17) is 5.73 Å². The second-order valence-corrected chi connectivity index (χ2v) is 4.22. The molecule has 18 heavy (non-hydrogen) atoms. The fourth-order valence-electron chi connectivity index (χ4n) is 2.16. The molecular weight excluding hydrogens is 229 g/mol. The van der Waals surface area contributed by atoms with Crippen molar-refractivity contribution in [1.82, 2.24) is 9.55 Å². The van der Waals surface area contributed by atoms with Crippen LogP contribution in [0, 0.1) is 12.7 Å². The second kappa shape index (κ2) is 3.84. The molecule has 1 aromatic heterocycles. The zero-order valence-electron chi connectivity index (χ0n) is 9.89. The highest BCUT2D eigenvalue weighted by Gasteiger charge is 2.09. The summed E-state index contributed by atoms with van der Waals surface area (Å²) in [5, 5.41) is 0. The zero-order chi connectivity index (χ0) is 12.7. The monoisotopic (exact) mass is 241 g/mol. The van der Waals surface area contributed by atoms with Gasteiger partial charge in [-0.25, -0.2) is 9.37 Å². The van der Waals surface area contributed by atoms with Crippen LogP contribution in [0.1, 0.15) is 5.82 Å². The van der Waals surface area contributed by atoms with Crippen LogP contribution in [0.4, 0.5) is 10.1 Å². The molecule has 2 N–H and O–H groups in total. The highest BCUT2D eigenvalue weighted by molar-refractivity contribution is 5.81. The Balaban J connectivity index is 2.32. The number of nitrogen functional groups attached to an aromatic ring is 1. The summed E-state index contributed by atoms with van der Waals surface area (Å²) in [6.45, 7) is 1.89. The van der Waals surface area contributed by atoms with Gasteiger partial charge in [0.05, 0.1) is 16.7 Å². The maximum absolute atomic E-state index is 13.3. The van der Waals surface area contributed by atoms with Crippen molar-refractivity contribution in [1.29, 1.82) is 0 Å². The molecule has 0 amide bonds. The van der Waals surface area contributed by atoms with Gasteiger partial charge in [0.25, 0.3) is 0 Å². The predicted octanol–water partition coefficient (Wildman–Crippen LogP) is 3.06. The number of imidazole rings is 1. The van der Waals surface area contributed by atoms with Gasteiger partial charge in [-0.15, -0.1) is 0 Å². The van der Waals surface area contributed by atoms with Gasteiger partial charge >= 0.3 is 0 Å². The Morgan fingerprint density at radius 1 is 1.17 bits per heavy atom. The number of hydrogen-bond acceptors (Lipinski definition) is 2. The topological polar surface area (TPSA) is 43.8 Å².